The van der Waals surface area contributed by atoms with Gasteiger partial charge in [-0.1, -0.05) is 23.5 Å². The summed E-state index contributed by atoms with van der Waals surface area (Å²) >= 11 is 1.09. The number of carbonyl (C=O) groups excluding carboxylic acids is 1. The van der Waals surface area contributed by atoms with Crippen LogP contribution in [0, 0.1) is 5.82 Å². The predicted octanol–water partition coefficient (Wildman–Crippen LogP) is 0.969. The van der Waals surface area contributed by atoms with Crippen LogP contribution in [0.1, 0.15) is 0 Å². The van der Waals surface area contributed by atoms with E-state index < -0.39 is 0 Å². The Bertz CT molecular complexity index is 758. The Morgan fingerprint density at radius 1 is 1.33 bits per heavy atom. The summed E-state index contributed by atoms with van der Waals surface area (Å²) in [6, 6.07) is 6.24. The Balaban J connectivity index is 1.71. The minimum absolute atomic E-state index is 0.0401. The van der Waals surface area contributed by atoms with E-state index in [1.165, 1.54) is 17.1 Å². The van der Waals surface area contributed by atoms with E-state index in [0.717, 1.165) is 11.3 Å². The number of aromatic nitrogens is 6. The number of tetrazole rings is 1. The topological polar surface area (TPSA) is 98.5 Å². The minimum atomic E-state index is -0.389. The number of rotatable bonds is 4. The molecule has 1 aromatic carbocycles. The highest BCUT2D eigenvalue weighted by Crippen LogP contribution is 2.28. The molecule has 0 atom stereocenters. The first-order valence-electron chi connectivity index (χ1n) is 5.81. The van der Waals surface area contributed by atoms with Crippen LogP contribution in [0.2, 0.25) is 0 Å². The maximum atomic E-state index is 13.6. The number of benzene rings is 1. The molecule has 0 saturated heterocycles. The maximum absolute atomic E-state index is 13.6. The van der Waals surface area contributed by atoms with Crippen molar-refractivity contribution >= 4 is 22.4 Å². The van der Waals surface area contributed by atoms with E-state index in [0.29, 0.717) is 10.6 Å². The first kappa shape index (κ1) is 13.2. The molecule has 0 aliphatic rings. The van der Waals surface area contributed by atoms with Crippen molar-refractivity contribution in [2.75, 3.05) is 5.32 Å². The lowest BCUT2D eigenvalue weighted by Crippen LogP contribution is -2.19. The number of hydrogen-bond donors (Lipinski definition) is 1. The molecule has 3 aromatic rings. The third-order valence-electron chi connectivity index (χ3n) is 2.47. The number of amides is 1. The fourth-order valence-electron chi connectivity index (χ4n) is 1.58. The standard InChI is InChI=1S/C11H8FN7OS/c12-8-4-2-1-3-7(8)10-15-16-11(21-10)14-9(20)5-19-6-13-17-18-19/h1-4,6H,5H2,(H,14,16,20). The Morgan fingerprint density at radius 2 is 2.19 bits per heavy atom. The fourth-order valence-corrected chi connectivity index (χ4v) is 2.36. The minimum Gasteiger partial charge on any atom is -0.299 e. The van der Waals surface area contributed by atoms with Crippen molar-refractivity contribution < 1.29 is 9.18 Å². The first-order chi connectivity index (χ1) is 10.2. The van der Waals surface area contributed by atoms with Gasteiger partial charge >= 0.3 is 0 Å². The van der Waals surface area contributed by atoms with E-state index in [1.807, 2.05) is 0 Å². The van der Waals surface area contributed by atoms with Gasteiger partial charge in [0, 0.05) is 5.56 Å². The van der Waals surface area contributed by atoms with Gasteiger partial charge in [0.25, 0.3) is 0 Å². The average molecular weight is 305 g/mol. The van der Waals surface area contributed by atoms with Crippen LogP contribution in [0.25, 0.3) is 10.6 Å². The second-order valence-electron chi connectivity index (χ2n) is 3.95. The zero-order valence-electron chi connectivity index (χ0n) is 10.5. The van der Waals surface area contributed by atoms with E-state index in [9.17, 15) is 9.18 Å². The molecule has 0 aliphatic carbocycles. The molecule has 0 spiro atoms. The van der Waals surface area contributed by atoms with Gasteiger partial charge in [-0.15, -0.1) is 15.3 Å². The van der Waals surface area contributed by atoms with E-state index in [2.05, 4.69) is 31.0 Å². The Morgan fingerprint density at radius 3 is 2.95 bits per heavy atom. The summed E-state index contributed by atoms with van der Waals surface area (Å²) in [5, 5.41) is 21.3. The summed E-state index contributed by atoms with van der Waals surface area (Å²) in [5.41, 5.74) is 0.343. The SMILES string of the molecule is O=C(Cn1cnnn1)Nc1nnc(-c2ccccc2F)s1. The van der Waals surface area contributed by atoms with Crippen molar-refractivity contribution in [2.45, 2.75) is 6.54 Å². The lowest BCUT2D eigenvalue weighted by atomic mass is 10.2. The summed E-state index contributed by atoms with van der Waals surface area (Å²) < 4.78 is 14.9. The van der Waals surface area contributed by atoms with E-state index in [-0.39, 0.29) is 23.4 Å². The van der Waals surface area contributed by atoms with Gasteiger partial charge in [0.1, 0.15) is 18.7 Å². The Labute approximate surface area is 121 Å². The second-order valence-corrected chi connectivity index (χ2v) is 4.93. The van der Waals surface area contributed by atoms with Crippen molar-refractivity contribution in [3.8, 4) is 10.6 Å². The van der Waals surface area contributed by atoms with Gasteiger partial charge in [0.15, 0.2) is 5.01 Å². The van der Waals surface area contributed by atoms with Crippen LogP contribution in [0.4, 0.5) is 9.52 Å². The third kappa shape index (κ3) is 3.05. The second kappa shape index (κ2) is 5.71. The highest BCUT2D eigenvalue weighted by Gasteiger charge is 2.12. The predicted molar refractivity (Wildman–Crippen MR) is 71.7 cm³/mol. The first-order valence-corrected chi connectivity index (χ1v) is 6.63. The summed E-state index contributed by atoms with van der Waals surface area (Å²) in [6.07, 6.45) is 1.32. The van der Waals surface area contributed by atoms with Gasteiger partial charge in [0.2, 0.25) is 11.0 Å². The van der Waals surface area contributed by atoms with E-state index in [4.69, 9.17) is 0 Å². The average Bonchev–Trinajstić information content (AvgIpc) is 3.11. The molecule has 2 heterocycles. The van der Waals surface area contributed by atoms with Crippen molar-refractivity contribution in [3.05, 3.63) is 36.4 Å². The molecule has 10 heteroatoms. The number of halogens is 1. The molecular formula is C11H8FN7OS. The molecular weight excluding hydrogens is 297 g/mol. The number of nitrogens with zero attached hydrogens (tertiary/aromatic N) is 6. The van der Waals surface area contributed by atoms with Crippen LogP contribution < -0.4 is 5.32 Å². The normalized spacial score (nSPS) is 10.5. The number of carbonyl (C=O) groups is 1. The van der Waals surface area contributed by atoms with Gasteiger partial charge in [-0.05, 0) is 22.6 Å². The van der Waals surface area contributed by atoms with Crippen molar-refractivity contribution in [2.24, 2.45) is 0 Å². The highest BCUT2D eigenvalue weighted by molar-refractivity contribution is 7.18. The van der Waals surface area contributed by atoms with Crippen molar-refractivity contribution in [1.29, 1.82) is 0 Å². The molecule has 0 unspecified atom stereocenters. The molecule has 106 valence electrons. The van der Waals surface area contributed by atoms with Crippen LogP contribution in [-0.2, 0) is 11.3 Å². The molecule has 0 aliphatic heterocycles. The van der Waals surface area contributed by atoms with Gasteiger partial charge in [-0.25, -0.2) is 9.07 Å². The number of hydrogen-bond acceptors (Lipinski definition) is 7. The molecule has 0 saturated carbocycles. The summed E-state index contributed by atoms with van der Waals surface area (Å²) in [7, 11) is 0. The van der Waals surface area contributed by atoms with Gasteiger partial charge < -0.3 is 0 Å². The quantitative estimate of drug-likeness (QED) is 0.771. The number of anilines is 1. The Kier molecular flexibility index (Phi) is 3.60. The number of nitrogens with one attached hydrogen (secondary N) is 1. The molecule has 0 fully saturated rings. The molecule has 8 nitrogen and oxygen atoms in total. The zero-order valence-corrected chi connectivity index (χ0v) is 11.3. The van der Waals surface area contributed by atoms with Gasteiger partial charge in [0.05, 0.1) is 0 Å². The lowest BCUT2D eigenvalue weighted by molar-refractivity contribution is -0.116. The highest BCUT2D eigenvalue weighted by atomic mass is 32.1. The van der Waals surface area contributed by atoms with Crippen molar-refractivity contribution in [3.63, 3.8) is 0 Å². The van der Waals surface area contributed by atoms with Crippen LogP contribution in [-0.4, -0.2) is 36.3 Å². The molecule has 21 heavy (non-hydrogen) atoms. The lowest BCUT2D eigenvalue weighted by Gasteiger charge is -1.99. The van der Waals surface area contributed by atoms with Crippen LogP contribution in [0.3, 0.4) is 0 Å². The zero-order chi connectivity index (χ0) is 14.7. The van der Waals surface area contributed by atoms with E-state index >= 15 is 0 Å². The summed E-state index contributed by atoms with van der Waals surface area (Å²) in [6.45, 7) is -0.0401. The maximum Gasteiger partial charge on any atom is 0.248 e. The van der Waals surface area contributed by atoms with Crippen molar-refractivity contribution in [1.82, 2.24) is 30.4 Å². The van der Waals surface area contributed by atoms with Gasteiger partial charge in [-0.3, -0.25) is 10.1 Å². The molecule has 1 amide bonds. The van der Waals surface area contributed by atoms with Crippen LogP contribution in [0.5, 0.6) is 0 Å². The molecule has 0 bridgehead atoms. The summed E-state index contributed by atoms with van der Waals surface area (Å²) in [4.78, 5) is 11.7. The molecule has 3 rings (SSSR count). The van der Waals surface area contributed by atoms with Gasteiger partial charge in [-0.2, -0.15) is 0 Å². The third-order valence-corrected chi connectivity index (χ3v) is 3.34. The van der Waals surface area contributed by atoms with Crippen LogP contribution >= 0.6 is 11.3 Å². The molecule has 0 radical (unpaired) electrons. The van der Waals surface area contributed by atoms with Crippen LogP contribution in [0.15, 0.2) is 30.6 Å². The largest absolute Gasteiger partial charge is 0.299 e. The monoisotopic (exact) mass is 305 g/mol. The smallest absolute Gasteiger partial charge is 0.248 e. The fraction of sp³-hybridized carbons (Fsp3) is 0.0909. The van der Waals surface area contributed by atoms with E-state index in [1.54, 1.807) is 18.2 Å². The molecule has 2 aromatic heterocycles. The summed E-state index contributed by atoms with van der Waals surface area (Å²) in [5.74, 6) is -0.737. The molecule has 1 N–H and O–H groups in total. The Hall–Kier alpha value is -2.75.